The number of likely N-dealkylation sites (tertiary alicyclic amines) is 1. The maximum Gasteiger partial charge on any atom is 0.410 e. The first kappa shape index (κ1) is 16.6. The number of phenols is 1. The van der Waals surface area contributed by atoms with E-state index < -0.39 is 5.60 Å². The summed E-state index contributed by atoms with van der Waals surface area (Å²) in [5, 5.41) is 12.7. The summed E-state index contributed by atoms with van der Waals surface area (Å²) in [7, 11) is 0. The topological polar surface area (TPSA) is 61.8 Å². The van der Waals surface area contributed by atoms with Gasteiger partial charge in [0.05, 0.1) is 0 Å². The smallest absolute Gasteiger partial charge is 0.410 e. The second-order valence-corrected chi connectivity index (χ2v) is 6.88. The van der Waals surface area contributed by atoms with Gasteiger partial charge in [0, 0.05) is 26.2 Å². The normalized spacial score (nSPS) is 18.5. The Labute approximate surface area is 132 Å². The average molecular weight is 306 g/mol. The summed E-state index contributed by atoms with van der Waals surface area (Å²) in [6.45, 7) is 8.81. The molecule has 0 spiro atoms. The fourth-order valence-corrected chi connectivity index (χ4v) is 2.53. The van der Waals surface area contributed by atoms with Crippen molar-refractivity contribution in [1.82, 2.24) is 10.2 Å². The Morgan fingerprint density at radius 2 is 2.05 bits per heavy atom. The molecule has 122 valence electrons. The molecule has 0 radical (unpaired) electrons. The summed E-state index contributed by atoms with van der Waals surface area (Å²) in [4.78, 5) is 13.8. The van der Waals surface area contributed by atoms with Gasteiger partial charge in [-0.2, -0.15) is 0 Å². The van der Waals surface area contributed by atoms with Crippen LogP contribution in [0.1, 0.15) is 32.8 Å². The Bertz CT molecular complexity index is 494. The van der Waals surface area contributed by atoms with Crippen LogP contribution in [0, 0.1) is 5.92 Å². The molecule has 1 heterocycles. The van der Waals surface area contributed by atoms with Crippen molar-refractivity contribution in [2.24, 2.45) is 5.92 Å². The maximum atomic E-state index is 12.0. The first-order valence-corrected chi connectivity index (χ1v) is 7.80. The van der Waals surface area contributed by atoms with Gasteiger partial charge in [-0.15, -0.1) is 0 Å². The van der Waals surface area contributed by atoms with Crippen molar-refractivity contribution < 1.29 is 14.6 Å². The largest absolute Gasteiger partial charge is 0.508 e. The molecule has 0 saturated carbocycles. The zero-order chi connectivity index (χ0) is 16.2. The highest BCUT2D eigenvalue weighted by Crippen LogP contribution is 2.19. The molecular weight excluding hydrogens is 280 g/mol. The molecule has 1 aliphatic rings. The minimum Gasteiger partial charge on any atom is -0.508 e. The van der Waals surface area contributed by atoms with Crippen molar-refractivity contribution >= 4 is 6.09 Å². The van der Waals surface area contributed by atoms with Gasteiger partial charge in [0.25, 0.3) is 0 Å². The quantitative estimate of drug-likeness (QED) is 0.898. The molecule has 22 heavy (non-hydrogen) atoms. The van der Waals surface area contributed by atoms with E-state index in [0.717, 1.165) is 38.2 Å². The number of ether oxygens (including phenoxy) is 1. The van der Waals surface area contributed by atoms with Gasteiger partial charge < -0.3 is 20.1 Å². The summed E-state index contributed by atoms with van der Waals surface area (Å²) >= 11 is 0. The second kappa shape index (κ2) is 7.01. The van der Waals surface area contributed by atoms with E-state index in [2.05, 4.69) is 5.32 Å². The van der Waals surface area contributed by atoms with Gasteiger partial charge in [-0.1, -0.05) is 12.1 Å². The van der Waals surface area contributed by atoms with Crippen molar-refractivity contribution in [3.8, 4) is 5.75 Å². The van der Waals surface area contributed by atoms with Gasteiger partial charge in [-0.3, -0.25) is 0 Å². The summed E-state index contributed by atoms with van der Waals surface area (Å²) in [5.74, 6) is 0.747. The van der Waals surface area contributed by atoms with E-state index in [0.29, 0.717) is 5.92 Å². The lowest BCUT2D eigenvalue weighted by molar-refractivity contribution is 0.0288. The third kappa shape index (κ3) is 5.22. The highest BCUT2D eigenvalue weighted by molar-refractivity contribution is 5.68. The Morgan fingerprint density at radius 1 is 1.36 bits per heavy atom. The number of rotatable bonds is 4. The van der Waals surface area contributed by atoms with Crippen LogP contribution >= 0.6 is 0 Å². The lowest BCUT2D eigenvalue weighted by Crippen LogP contribution is -2.36. The molecule has 0 aromatic heterocycles. The molecular formula is C17H26N2O3. The summed E-state index contributed by atoms with van der Waals surface area (Å²) in [5.41, 5.74) is 0.700. The van der Waals surface area contributed by atoms with Gasteiger partial charge in [0.2, 0.25) is 0 Å². The van der Waals surface area contributed by atoms with E-state index in [4.69, 9.17) is 4.74 Å². The van der Waals surface area contributed by atoms with Crippen molar-refractivity contribution in [2.75, 3.05) is 19.6 Å². The predicted molar refractivity (Wildman–Crippen MR) is 85.7 cm³/mol. The molecule has 2 rings (SSSR count). The van der Waals surface area contributed by atoms with E-state index >= 15 is 0 Å². The molecule has 1 unspecified atom stereocenters. The Morgan fingerprint density at radius 3 is 2.68 bits per heavy atom. The highest BCUT2D eigenvalue weighted by Gasteiger charge is 2.29. The van der Waals surface area contributed by atoms with Gasteiger partial charge in [0.1, 0.15) is 11.4 Å². The number of hydrogen-bond acceptors (Lipinski definition) is 4. The van der Waals surface area contributed by atoms with Crippen LogP contribution in [0.3, 0.4) is 0 Å². The molecule has 5 nitrogen and oxygen atoms in total. The molecule has 1 aliphatic heterocycles. The maximum absolute atomic E-state index is 12.0. The summed E-state index contributed by atoms with van der Waals surface area (Å²) in [6, 6.07) is 7.20. The minimum atomic E-state index is -0.438. The van der Waals surface area contributed by atoms with Crippen LogP contribution in [-0.2, 0) is 11.3 Å². The van der Waals surface area contributed by atoms with Crippen LogP contribution in [0.2, 0.25) is 0 Å². The molecule has 1 aromatic rings. The van der Waals surface area contributed by atoms with Crippen molar-refractivity contribution in [3.05, 3.63) is 29.8 Å². The average Bonchev–Trinajstić information content (AvgIpc) is 2.88. The summed E-state index contributed by atoms with van der Waals surface area (Å²) in [6.07, 6.45) is 0.787. The second-order valence-electron chi connectivity index (χ2n) is 6.88. The number of nitrogens with zero attached hydrogens (tertiary/aromatic N) is 1. The molecule has 1 atom stereocenters. The monoisotopic (exact) mass is 306 g/mol. The SMILES string of the molecule is CC(C)(C)OC(=O)N1CCC(CNCc2ccc(O)cc2)C1. The van der Waals surface area contributed by atoms with E-state index in [1.807, 2.05) is 32.9 Å². The van der Waals surface area contributed by atoms with Crippen LogP contribution in [0.15, 0.2) is 24.3 Å². The van der Waals surface area contributed by atoms with Crippen LogP contribution in [0.4, 0.5) is 4.79 Å². The number of nitrogens with one attached hydrogen (secondary N) is 1. The third-order valence-electron chi connectivity index (χ3n) is 3.64. The molecule has 1 amide bonds. The van der Waals surface area contributed by atoms with Crippen LogP contribution in [0.5, 0.6) is 5.75 Å². The Kier molecular flexibility index (Phi) is 5.29. The Hall–Kier alpha value is -1.75. The van der Waals surface area contributed by atoms with E-state index in [1.165, 1.54) is 0 Å². The first-order chi connectivity index (χ1) is 10.3. The van der Waals surface area contributed by atoms with Gasteiger partial charge >= 0.3 is 6.09 Å². The molecule has 0 aliphatic carbocycles. The van der Waals surface area contributed by atoms with E-state index in [9.17, 15) is 9.90 Å². The molecule has 2 N–H and O–H groups in total. The highest BCUT2D eigenvalue weighted by atomic mass is 16.6. The van der Waals surface area contributed by atoms with E-state index in [1.54, 1.807) is 17.0 Å². The summed E-state index contributed by atoms with van der Waals surface area (Å²) < 4.78 is 5.40. The predicted octanol–water partition coefficient (Wildman–Crippen LogP) is 2.74. The molecule has 5 heteroatoms. The number of carbonyl (C=O) groups excluding carboxylic acids is 1. The fourth-order valence-electron chi connectivity index (χ4n) is 2.53. The lowest BCUT2D eigenvalue weighted by Gasteiger charge is -2.24. The van der Waals surface area contributed by atoms with Crippen molar-refractivity contribution in [3.63, 3.8) is 0 Å². The van der Waals surface area contributed by atoms with Gasteiger partial charge in [-0.05, 0) is 50.8 Å². The first-order valence-electron chi connectivity index (χ1n) is 7.80. The Balaban J connectivity index is 1.70. The van der Waals surface area contributed by atoms with Crippen molar-refractivity contribution in [1.29, 1.82) is 0 Å². The van der Waals surface area contributed by atoms with Gasteiger partial charge in [-0.25, -0.2) is 4.79 Å². The van der Waals surface area contributed by atoms with Crippen LogP contribution in [0.25, 0.3) is 0 Å². The fraction of sp³-hybridized carbons (Fsp3) is 0.588. The zero-order valence-corrected chi connectivity index (χ0v) is 13.6. The number of phenolic OH excluding ortho intramolecular Hbond substituents is 1. The third-order valence-corrected chi connectivity index (χ3v) is 3.64. The molecule has 1 saturated heterocycles. The van der Waals surface area contributed by atoms with E-state index in [-0.39, 0.29) is 11.8 Å². The number of hydrogen-bond donors (Lipinski definition) is 2. The number of benzene rings is 1. The van der Waals surface area contributed by atoms with Crippen LogP contribution < -0.4 is 5.32 Å². The lowest BCUT2D eigenvalue weighted by atomic mass is 10.1. The molecule has 1 fully saturated rings. The van der Waals surface area contributed by atoms with Crippen molar-refractivity contribution in [2.45, 2.75) is 39.3 Å². The number of carbonyl (C=O) groups is 1. The molecule has 1 aromatic carbocycles. The minimum absolute atomic E-state index is 0.214. The van der Waals surface area contributed by atoms with Gasteiger partial charge in [0.15, 0.2) is 0 Å². The number of aromatic hydroxyl groups is 1. The number of amides is 1. The molecule has 0 bridgehead atoms. The standard InChI is InChI=1S/C17H26N2O3/c1-17(2,3)22-16(21)19-9-8-14(12-19)11-18-10-13-4-6-15(20)7-5-13/h4-7,14,18,20H,8-12H2,1-3H3. The van der Waals surface area contributed by atoms with Crippen LogP contribution in [-0.4, -0.2) is 41.3 Å². The zero-order valence-electron chi connectivity index (χ0n) is 13.6.